The summed E-state index contributed by atoms with van der Waals surface area (Å²) < 4.78 is 44.2. The van der Waals surface area contributed by atoms with Crippen molar-refractivity contribution in [1.82, 2.24) is 15.0 Å². The van der Waals surface area contributed by atoms with Gasteiger partial charge in [-0.25, -0.2) is 13.2 Å². The Bertz CT molecular complexity index is 595. The Morgan fingerprint density at radius 3 is 2.48 bits per heavy atom. The van der Waals surface area contributed by atoms with Gasteiger partial charge in [0.25, 0.3) is 0 Å². The number of aliphatic hydroxyl groups excluding tert-OH is 1. The van der Waals surface area contributed by atoms with Crippen molar-refractivity contribution in [3.05, 3.63) is 35.5 Å². The first-order valence-electron chi connectivity index (χ1n) is 6.35. The fourth-order valence-electron chi connectivity index (χ4n) is 1.80. The number of benzene rings is 1. The van der Waals surface area contributed by atoms with Gasteiger partial charge in [-0.1, -0.05) is 12.1 Å². The second kappa shape index (κ2) is 6.68. The number of nitrogens with zero attached hydrogens (tertiary/aromatic N) is 3. The molecule has 1 heterocycles. The normalized spacial score (nSPS) is 11.3. The van der Waals surface area contributed by atoms with Crippen molar-refractivity contribution in [3.8, 4) is 11.4 Å². The van der Waals surface area contributed by atoms with Crippen molar-refractivity contribution < 1.29 is 22.8 Å². The predicted octanol–water partition coefficient (Wildman–Crippen LogP) is 1.97. The zero-order valence-corrected chi connectivity index (χ0v) is 11.3. The molecule has 1 N–H and O–H groups in total. The van der Waals surface area contributed by atoms with Crippen LogP contribution in [0.4, 0.5) is 13.2 Å². The van der Waals surface area contributed by atoms with E-state index in [4.69, 9.17) is 9.63 Å². The van der Waals surface area contributed by atoms with Gasteiger partial charge in [0.2, 0.25) is 11.7 Å². The first-order chi connectivity index (χ1) is 10.0. The van der Waals surface area contributed by atoms with Crippen molar-refractivity contribution in [2.75, 3.05) is 19.7 Å². The molecule has 5 nitrogen and oxygen atoms in total. The first kappa shape index (κ1) is 15.5. The van der Waals surface area contributed by atoms with E-state index in [0.717, 1.165) is 12.1 Å². The standard InChI is InChI=1S/C13H14F3N3O2/c1-2-19(3-4-20)7-11-17-13(18-21-11)8-5-9(14)12(16)10(15)6-8/h5-6,20H,2-4,7H2,1H3. The molecule has 2 rings (SSSR count). The first-order valence-corrected chi connectivity index (χ1v) is 6.35. The maximum Gasteiger partial charge on any atom is 0.241 e. The van der Waals surface area contributed by atoms with Crippen LogP contribution in [0, 0.1) is 17.5 Å². The van der Waals surface area contributed by atoms with E-state index in [0.29, 0.717) is 19.6 Å². The molecule has 21 heavy (non-hydrogen) atoms. The number of halogens is 3. The summed E-state index contributed by atoms with van der Waals surface area (Å²) in [6, 6.07) is 1.61. The highest BCUT2D eigenvalue weighted by atomic mass is 19.2. The lowest BCUT2D eigenvalue weighted by atomic mass is 10.2. The summed E-state index contributed by atoms with van der Waals surface area (Å²) in [6.07, 6.45) is 0. The number of aromatic nitrogens is 2. The molecule has 0 bridgehead atoms. The Morgan fingerprint density at radius 2 is 1.90 bits per heavy atom. The van der Waals surface area contributed by atoms with Gasteiger partial charge < -0.3 is 9.63 Å². The van der Waals surface area contributed by atoms with Crippen LogP contribution in [0.3, 0.4) is 0 Å². The van der Waals surface area contributed by atoms with Crippen LogP contribution >= 0.6 is 0 Å². The van der Waals surface area contributed by atoms with Gasteiger partial charge >= 0.3 is 0 Å². The summed E-state index contributed by atoms with van der Waals surface area (Å²) in [4.78, 5) is 5.86. The van der Waals surface area contributed by atoms with Gasteiger partial charge in [-0.15, -0.1) is 0 Å². The quantitative estimate of drug-likeness (QED) is 0.827. The average molecular weight is 301 g/mol. The molecule has 0 saturated carbocycles. The SMILES string of the molecule is CCN(CCO)Cc1nc(-c2cc(F)c(F)c(F)c2)no1. The molecule has 114 valence electrons. The van der Waals surface area contributed by atoms with E-state index in [2.05, 4.69) is 10.1 Å². The fourth-order valence-corrected chi connectivity index (χ4v) is 1.80. The van der Waals surface area contributed by atoms with E-state index in [9.17, 15) is 13.2 Å². The predicted molar refractivity (Wildman–Crippen MR) is 67.6 cm³/mol. The van der Waals surface area contributed by atoms with Crippen molar-refractivity contribution in [1.29, 1.82) is 0 Å². The van der Waals surface area contributed by atoms with E-state index in [-0.39, 0.29) is 23.9 Å². The second-order valence-electron chi connectivity index (χ2n) is 4.36. The van der Waals surface area contributed by atoms with Crippen molar-refractivity contribution in [3.63, 3.8) is 0 Å². The van der Waals surface area contributed by atoms with Crippen LogP contribution in [0.2, 0.25) is 0 Å². The summed E-state index contributed by atoms with van der Waals surface area (Å²) in [5, 5.41) is 12.5. The van der Waals surface area contributed by atoms with Crippen LogP contribution < -0.4 is 0 Å². The van der Waals surface area contributed by atoms with Gasteiger partial charge in [0.05, 0.1) is 13.2 Å². The number of likely N-dealkylation sites (N-methyl/N-ethyl adjacent to an activating group) is 1. The summed E-state index contributed by atoms with van der Waals surface area (Å²) in [6.45, 7) is 3.29. The molecule has 0 saturated heterocycles. The van der Waals surface area contributed by atoms with Crippen molar-refractivity contribution >= 4 is 0 Å². The van der Waals surface area contributed by atoms with Gasteiger partial charge in [-0.05, 0) is 18.7 Å². The summed E-state index contributed by atoms with van der Waals surface area (Å²) in [7, 11) is 0. The van der Waals surface area contributed by atoms with E-state index in [1.807, 2.05) is 11.8 Å². The third-order valence-electron chi connectivity index (χ3n) is 2.93. The maximum atomic E-state index is 13.2. The Kier molecular flexibility index (Phi) is 4.92. The van der Waals surface area contributed by atoms with Crippen LogP contribution in [0.25, 0.3) is 11.4 Å². The smallest absolute Gasteiger partial charge is 0.241 e. The largest absolute Gasteiger partial charge is 0.395 e. The Hall–Kier alpha value is -1.93. The third kappa shape index (κ3) is 3.59. The molecular formula is C13H14F3N3O2. The van der Waals surface area contributed by atoms with Gasteiger partial charge in [-0.2, -0.15) is 4.98 Å². The molecule has 0 atom stereocenters. The second-order valence-corrected chi connectivity index (χ2v) is 4.36. The molecule has 2 aromatic rings. The number of rotatable bonds is 6. The molecule has 1 aromatic carbocycles. The highest BCUT2D eigenvalue weighted by Crippen LogP contribution is 2.21. The summed E-state index contributed by atoms with van der Waals surface area (Å²) in [5.74, 6) is -3.95. The van der Waals surface area contributed by atoms with E-state index in [1.54, 1.807) is 0 Å². The Labute approximate surface area is 119 Å². The average Bonchev–Trinajstić information content (AvgIpc) is 2.92. The lowest BCUT2D eigenvalue weighted by Gasteiger charge is -2.15. The molecule has 0 fully saturated rings. The van der Waals surface area contributed by atoms with Crippen LogP contribution in [-0.2, 0) is 6.54 Å². The highest BCUT2D eigenvalue weighted by molar-refractivity contribution is 5.54. The molecule has 0 spiro atoms. The molecular weight excluding hydrogens is 287 g/mol. The number of hydrogen-bond acceptors (Lipinski definition) is 5. The number of hydrogen-bond donors (Lipinski definition) is 1. The van der Waals surface area contributed by atoms with E-state index >= 15 is 0 Å². The molecule has 0 aliphatic carbocycles. The minimum Gasteiger partial charge on any atom is -0.395 e. The topological polar surface area (TPSA) is 62.4 Å². The zero-order valence-electron chi connectivity index (χ0n) is 11.3. The molecule has 0 radical (unpaired) electrons. The maximum absolute atomic E-state index is 13.2. The van der Waals surface area contributed by atoms with Gasteiger partial charge in [0, 0.05) is 12.1 Å². The molecule has 0 aliphatic rings. The summed E-state index contributed by atoms with van der Waals surface area (Å²) >= 11 is 0. The molecule has 0 aliphatic heterocycles. The lowest BCUT2D eigenvalue weighted by Crippen LogP contribution is -2.26. The van der Waals surface area contributed by atoms with E-state index in [1.165, 1.54) is 0 Å². The van der Waals surface area contributed by atoms with Crippen LogP contribution in [0.5, 0.6) is 0 Å². The van der Waals surface area contributed by atoms with Gasteiger partial charge in [-0.3, -0.25) is 4.90 Å². The van der Waals surface area contributed by atoms with Crippen molar-refractivity contribution in [2.45, 2.75) is 13.5 Å². The minimum absolute atomic E-state index is 0.00777. The number of aliphatic hydroxyl groups is 1. The van der Waals surface area contributed by atoms with Crippen LogP contribution in [-0.4, -0.2) is 39.8 Å². The van der Waals surface area contributed by atoms with Crippen LogP contribution in [0.15, 0.2) is 16.7 Å². The third-order valence-corrected chi connectivity index (χ3v) is 2.93. The highest BCUT2D eigenvalue weighted by Gasteiger charge is 2.16. The molecule has 1 aromatic heterocycles. The lowest BCUT2D eigenvalue weighted by molar-refractivity contribution is 0.180. The minimum atomic E-state index is -1.54. The molecule has 8 heteroatoms. The summed E-state index contributed by atoms with van der Waals surface area (Å²) in [5.41, 5.74) is -0.00777. The monoisotopic (exact) mass is 301 g/mol. The van der Waals surface area contributed by atoms with Crippen LogP contribution in [0.1, 0.15) is 12.8 Å². The Morgan fingerprint density at radius 1 is 1.24 bits per heavy atom. The van der Waals surface area contributed by atoms with Crippen molar-refractivity contribution in [2.24, 2.45) is 0 Å². The fraction of sp³-hybridized carbons (Fsp3) is 0.385. The Balaban J connectivity index is 2.20. The van der Waals surface area contributed by atoms with E-state index < -0.39 is 17.5 Å². The van der Waals surface area contributed by atoms with Gasteiger partial charge in [0.15, 0.2) is 17.5 Å². The zero-order chi connectivity index (χ0) is 15.4. The van der Waals surface area contributed by atoms with Gasteiger partial charge in [0.1, 0.15) is 0 Å². The molecule has 0 unspecified atom stereocenters. The molecule has 0 amide bonds.